The van der Waals surface area contributed by atoms with Gasteiger partial charge in [-0.3, -0.25) is 0 Å². The summed E-state index contributed by atoms with van der Waals surface area (Å²) in [6.45, 7) is 14.2. The maximum atomic E-state index is 6.20. The fraction of sp³-hybridized carbons (Fsp3) is 0.609. The summed E-state index contributed by atoms with van der Waals surface area (Å²) >= 11 is 0. The molecule has 1 aromatic heterocycles. The van der Waals surface area contributed by atoms with Gasteiger partial charge in [0.25, 0.3) is 0 Å². The molecule has 4 rings (SSSR count). The highest BCUT2D eigenvalue weighted by atomic mass is 16.7. The number of ether oxygens (including phenoxy) is 2. The number of benzene rings is 1. The second kappa shape index (κ2) is 9.17. The summed E-state index contributed by atoms with van der Waals surface area (Å²) in [7, 11) is 1.10. The Morgan fingerprint density at radius 1 is 1.09 bits per heavy atom. The van der Waals surface area contributed by atoms with Crippen LogP contribution < -0.4 is 20.4 Å². The molecule has 33 heavy (non-hydrogen) atoms. The van der Waals surface area contributed by atoms with Crippen molar-refractivity contribution in [2.45, 2.75) is 64.8 Å². The maximum absolute atomic E-state index is 6.20. The largest absolute Gasteiger partial charge is 0.494 e. The Hall–Kier alpha value is -2.27. The minimum Gasteiger partial charge on any atom is -0.467 e. The van der Waals surface area contributed by atoms with Gasteiger partial charge in [0.05, 0.1) is 17.4 Å². The predicted molar refractivity (Wildman–Crippen MR) is 128 cm³/mol. The van der Waals surface area contributed by atoms with E-state index < -0.39 is 18.3 Å². The molecule has 2 saturated heterocycles. The minimum absolute atomic E-state index is 0.106. The molecule has 2 fully saturated rings. The van der Waals surface area contributed by atoms with Crippen LogP contribution in [-0.4, -0.2) is 72.6 Å². The number of nitrogens with zero attached hydrogens (tertiary/aromatic N) is 4. The first-order chi connectivity index (χ1) is 15.6. The summed E-state index contributed by atoms with van der Waals surface area (Å²) in [4.78, 5) is 6.75. The molecule has 1 N–H and O–H groups in total. The maximum Gasteiger partial charge on any atom is 0.494 e. The van der Waals surface area contributed by atoms with E-state index >= 15 is 0 Å². The zero-order chi connectivity index (χ0) is 23.8. The predicted octanol–water partition coefficient (Wildman–Crippen LogP) is 2.01. The fourth-order valence-corrected chi connectivity index (χ4v) is 4.15. The molecule has 0 bridgehead atoms. The van der Waals surface area contributed by atoms with Crippen LogP contribution >= 0.6 is 0 Å². The zero-order valence-electron chi connectivity index (χ0n) is 20.6. The Morgan fingerprint density at radius 2 is 1.76 bits per heavy atom. The molecule has 10 heteroatoms. The number of aromatic nitrogens is 3. The van der Waals surface area contributed by atoms with Gasteiger partial charge in [0.15, 0.2) is 6.79 Å². The van der Waals surface area contributed by atoms with Gasteiger partial charge in [-0.15, -0.1) is 10.2 Å². The summed E-state index contributed by atoms with van der Waals surface area (Å²) in [6, 6.07) is 6.55. The van der Waals surface area contributed by atoms with Gasteiger partial charge in [0, 0.05) is 37.8 Å². The monoisotopic (exact) mass is 455 g/mol. The minimum atomic E-state index is -0.489. The molecule has 178 valence electrons. The van der Waals surface area contributed by atoms with Crippen molar-refractivity contribution in [2.75, 3.05) is 31.9 Å². The van der Waals surface area contributed by atoms with E-state index in [1.54, 1.807) is 13.3 Å². The summed E-state index contributed by atoms with van der Waals surface area (Å²) < 4.78 is 23.4. The first-order valence-electron chi connectivity index (χ1n) is 11.4. The second-order valence-electron chi connectivity index (χ2n) is 9.91. The van der Waals surface area contributed by atoms with Crippen molar-refractivity contribution >= 4 is 18.5 Å². The van der Waals surface area contributed by atoms with Crippen molar-refractivity contribution in [2.24, 2.45) is 0 Å². The van der Waals surface area contributed by atoms with Gasteiger partial charge in [0.1, 0.15) is 11.4 Å². The molecule has 2 aliphatic heterocycles. The highest BCUT2D eigenvalue weighted by Crippen LogP contribution is 2.37. The third kappa shape index (κ3) is 4.99. The summed E-state index contributed by atoms with van der Waals surface area (Å²) in [5.41, 5.74) is 1.43. The van der Waals surface area contributed by atoms with Gasteiger partial charge in [-0.05, 0) is 59.1 Å². The molecule has 2 atom stereocenters. The number of anilines is 1. The van der Waals surface area contributed by atoms with Crippen LogP contribution in [0.1, 0.15) is 41.5 Å². The summed E-state index contributed by atoms with van der Waals surface area (Å²) in [6.07, 6.45) is 1.74. The topological polar surface area (TPSA) is 90.9 Å². The molecule has 0 aliphatic carbocycles. The van der Waals surface area contributed by atoms with Gasteiger partial charge in [-0.2, -0.15) is 0 Å². The Kier molecular flexibility index (Phi) is 6.64. The highest BCUT2D eigenvalue weighted by molar-refractivity contribution is 6.62. The lowest BCUT2D eigenvalue weighted by Crippen LogP contribution is -2.54. The van der Waals surface area contributed by atoms with Crippen molar-refractivity contribution in [1.82, 2.24) is 20.5 Å². The number of hydrogen-bond donors (Lipinski definition) is 1. The third-order valence-corrected chi connectivity index (χ3v) is 6.53. The Bertz CT molecular complexity index is 946. The van der Waals surface area contributed by atoms with Crippen molar-refractivity contribution < 1.29 is 18.8 Å². The van der Waals surface area contributed by atoms with Crippen LogP contribution in [0.25, 0.3) is 11.3 Å². The molecule has 0 unspecified atom stereocenters. The molecule has 9 nitrogen and oxygen atoms in total. The Balaban J connectivity index is 1.59. The summed E-state index contributed by atoms with van der Waals surface area (Å²) in [5, 5.41) is 12.4. The average Bonchev–Trinajstić information content (AvgIpc) is 2.98. The van der Waals surface area contributed by atoms with E-state index in [0.717, 1.165) is 24.1 Å². The quantitative estimate of drug-likeness (QED) is 0.519. The molecular formula is C23H34BN5O4. The number of methoxy groups -OCH3 is 1. The number of hydrogen-bond acceptors (Lipinski definition) is 9. The van der Waals surface area contributed by atoms with Crippen LogP contribution in [0, 0.1) is 0 Å². The van der Waals surface area contributed by atoms with E-state index in [4.69, 9.17) is 18.8 Å². The second-order valence-corrected chi connectivity index (χ2v) is 9.91. The van der Waals surface area contributed by atoms with Crippen LogP contribution in [0.3, 0.4) is 0 Å². The lowest BCUT2D eigenvalue weighted by atomic mass is 9.78. The van der Waals surface area contributed by atoms with Crippen molar-refractivity contribution in [3.8, 4) is 17.0 Å². The molecule has 2 aliphatic rings. The molecule has 0 saturated carbocycles. The summed E-state index contributed by atoms with van der Waals surface area (Å²) in [5.74, 6) is 1.24. The lowest BCUT2D eigenvalue weighted by molar-refractivity contribution is 0.00578. The van der Waals surface area contributed by atoms with E-state index in [1.807, 2.05) is 45.9 Å². The third-order valence-electron chi connectivity index (χ3n) is 6.53. The van der Waals surface area contributed by atoms with E-state index in [2.05, 4.69) is 39.2 Å². The smallest absolute Gasteiger partial charge is 0.467 e. The van der Waals surface area contributed by atoms with Gasteiger partial charge in [-0.25, -0.2) is 4.98 Å². The molecule has 0 amide bonds. The van der Waals surface area contributed by atoms with Gasteiger partial charge >= 0.3 is 7.12 Å². The SMILES string of the molecule is COCOc1cc(B2OC(C)(C)C(C)(C)O2)ccc1-c1cnc(N2C[C@@H](C)N[C@@H](C)C2)nn1. The van der Waals surface area contributed by atoms with Crippen LogP contribution in [0.5, 0.6) is 5.75 Å². The molecule has 3 heterocycles. The zero-order valence-corrected chi connectivity index (χ0v) is 20.6. The molecular weight excluding hydrogens is 421 g/mol. The Labute approximate surface area is 196 Å². The molecule has 0 spiro atoms. The number of rotatable bonds is 6. The van der Waals surface area contributed by atoms with Crippen LogP contribution in [0.4, 0.5) is 5.95 Å². The van der Waals surface area contributed by atoms with Crippen LogP contribution in [0.2, 0.25) is 0 Å². The van der Waals surface area contributed by atoms with Gasteiger partial charge in [0.2, 0.25) is 5.95 Å². The highest BCUT2D eigenvalue weighted by Gasteiger charge is 2.51. The van der Waals surface area contributed by atoms with Crippen molar-refractivity contribution in [3.05, 3.63) is 24.4 Å². The fourth-order valence-electron chi connectivity index (χ4n) is 4.15. The van der Waals surface area contributed by atoms with Gasteiger partial charge in [-0.1, -0.05) is 6.07 Å². The normalized spacial score (nSPS) is 24.2. The molecule has 2 aromatic rings. The number of nitrogens with one attached hydrogen (secondary N) is 1. The van der Waals surface area contributed by atoms with E-state index in [0.29, 0.717) is 29.5 Å². The average molecular weight is 455 g/mol. The van der Waals surface area contributed by atoms with Crippen molar-refractivity contribution in [3.63, 3.8) is 0 Å². The molecule has 0 radical (unpaired) electrons. The van der Waals surface area contributed by atoms with Crippen LogP contribution in [-0.2, 0) is 14.0 Å². The lowest BCUT2D eigenvalue weighted by Gasteiger charge is -2.35. The van der Waals surface area contributed by atoms with Gasteiger partial charge < -0.3 is 29.0 Å². The standard InChI is InChI=1S/C23H34BN5O4/c1-15-12-29(13-16(2)26-15)21-25-11-19(27-28-21)18-9-8-17(10-20(18)31-14-30-7)24-32-22(3,4)23(5,6)33-24/h8-11,15-16,26H,12-14H2,1-7H3/t15-,16+. The first kappa shape index (κ1) is 23.9. The first-order valence-corrected chi connectivity index (χ1v) is 11.4. The Morgan fingerprint density at radius 3 is 2.33 bits per heavy atom. The van der Waals surface area contributed by atoms with E-state index in [-0.39, 0.29) is 6.79 Å². The number of piperazine rings is 1. The van der Waals surface area contributed by atoms with E-state index in [1.165, 1.54) is 0 Å². The van der Waals surface area contributed by atoms with Crippen molar-refractivity contribution in [1.29, 1.82) is 0 Å². The molecule has 1 aromatic carbocycles. The van der Waals surface area contributed by atoms with E-state index in [9.17, 15) is 0 Å². The van der Waals surface area contributed by atoms with Crippen LogP contribution in [0.15, 0.2) is 24.4 Å².